The van der Waals surface area contributed by atoms with Crippen LogP contribution in [-0.4, -0.2) is 39.6 Å². The Bertz CT molecular complexity index is 77.2. The quantitative estimate of drug-likeness (QED) is 0.554. The van der Waals surface area contributed by atoms with Crippen LogP contribution in [0.15, 0.2) is 0 Å². The number of ether oxygens (including phenoxy) is 3. The molecule has 0 aliphatic rings. The third kappa shape index (κ3) is 8.22. The van der Waals surface area contributed by atoms with Crippen LogP contribution < -0.4 is 0 Å². The molecule has 0 saturated heterocycles. The van der Waals surface area contributed by atoms with Crippen LogP contribution in [-0.2, 0) is 14.2 Å². The summed E-state index contributed by atoms with van der Waals surface area (Å²) in [7, 11) is 0. The minimum Gasteiger partial charge on any atom is -0.381 e. The topological polar surface area (TPSA) is 27.7 Å². The first-order valence-electron chi connectivity index (χ1n) is 5.08. The lowest BCUT2D eigenvalue weighted by molar-refractivity contribution is 0.00219. The third-order valence-corrected chi connectivity index (χ3v) is 1.67. The molecule has 0 aromatic rings. The first-order chi connectivity index (χ1) is 6.35. The normalized spacial score (nSPS) is 11.1. The Morgan fingerprint density at radius 3 is 1.23 bits per heavy atom. The van der Waals surface area contributed by atoms with Gasteiger partial charge in [0.2, 0.25) is 0 Å². The van der Waals surface area contributed by atoms with Crippen molar-refractivity contribution in [1.82, 2.24) is 0 Å². The summed E-state index contributed by atoms with van der Waals surface area (Å²) >= 11 is 0. The summed E-state index contributed by atoms with van der Waals surface area (Å²) in [6.45, 7) is 10.5. The fourth-order valence-electron chi connectivity index (χ4n) is 0.998. The summed E-state index contributed by atoms with van der Waals surface area (Å²) in [5.41, 5.74) is 0. The molecule has 0 spiro atoms. The van der Waals surface area contributed by atoms with Gasteiger partial charge in [-0.25, -0.2) is 0 Å². The van der Waals surface area contributed by atoms with Crippen LogP contribution in [0.1, 0.15) is 20.8 Å². The summed E-state index contributed by atoms with van der Waals surface area (Å²) < 4.78 is 16.0. The highest BCUT2D eigenvalue weighted by atomic mass is 16.5. The molecule has 0 bridgehead atoms. The molecule has 0 rings (SSSR count). The van der Waals surface area contributed by atoms with E-state index in [1.54, 1.807) is 0 Å². The van der Waals surface area contributed by atoms with E-state index in [0.29, 0.717) is 5.92 Å². The lowest BCUT2D eigenvalue weighted by Crippen LogP contribution is -2.21. The van der Waals surface area contributed by atoms with Crippen LogP contribution in [0.5, 0.6) is 0 Å². The molecule has 0 heterocycles. The van der Waals surface area contributed by atoms with Gasteiger partial charge in [0.25, 0.3) is 0 Å². The first kappa shape index (κ1) is 12.9. The highest BCUT2D eigenvalue weighted by molar-refractivity contribution is 4.55. The summed E-state index contributed by atoms with van der Waals surface area (Å²) in [5.74, 6) is 0.375. The molecule has 0 aromatic heterocycles. The summed E-state index contributed by atoms with van der Waals surface area (Å²) in [5, 5.41) is 0. The van der Waals surface area contributed by atoms with E-state index < -0.39 is 0 Å². The zero-order chi connectivity index (χ0) is 9.94. The van der Waals surface area contributed by atoms with Crippen LogP contribution in [0.2, 0.25) is 0 Å². The monoisotopic (exact) mass is 190 g/mol. The Morgan fingerprint density at radius 1 is 0.692 bits per heavy atom. The van der Waals surface area contributed by atoms with E-state index in [0.717, 1.165) is 39.6 Å². The first-order valence-corrected chi connectivity index (χ1v) is 5.08. The van der Waals surface area contributed by atoms with E-state index in [9.17, 15) is 0 Å². The van der Waals surface area contributed by atoms with Gasteiger partial charge in [0.15, 0.2) is 0 Å². The van der Waals surface area contributed by atoms with Gasteiger partial charge in [-0.2, -0.15) is 0 Å². The average molecular weight is 190 g/mol. The smallest absolute Gasteiger partial charge is 0.0538 e. The Balaban J connectivity index is 3.47. The molecule has 0 aliphatic carbocycles. The van der Waals surface area contributed by atoms with Gasteiger partial charge in [-0.05, 0) is 20.8 Å². The standard InChI is InChI=1S/C10H22O3/c1-4-11-7-10(8-12-5-2)9-13-6-3/h10H,4-9H2,1-3H3. The molecule has 0 atom stereocenters. The van der Waals surface area contributed by atoms with Crippen molar-refractivity contribution < 1.29 is 14.2 Å². The second kappa shape index (κ2) is 9.96. The molecule has 13 heavy (non-hydrogen) atoms. The molecule has 3 nitrogen and oxygen atoms in total. The third-order valence-electron chi connectivity index (χ3n) is 1.67. The molecule has 3 heteroatoms. The predicted octanol–water partition coefficient (Wildman–Crippen LogP) is 1.71. The minimum atomic E-state index is 0.375. The molecule has 0 saturated carbocycles. The van der Waals surface area contributed by atoms with E-state index in [4.69, 9.17) is 14.2 Å². The summed E-state index contributed by atoms with van der Waals surface area (Å²) in [4.78, 5) is 0. The Morgan fingerprint density at radius 2 is 1.00 bits per heavy atom. The minimum absolute atomic E-state index is 0.375. The Kier molecular flexibility index (Phi) is 9.87. The molecule has 0 aromatic carbocycles. The highest BCUT2D eigenvalue weighted by Gasteiger charge is 2.08. The van der Waals surface area contributed by atoms with Crippen molar-refractivity contribution in [2.45, 2.75) is 20.8 Å². The molecule has 0 unspecified atom stereocenters. The van der Waals surface area contributed by atoms with Gasteiger partial charge < -0.3 is 14.2 Å². The maximum atomic E-state index is 5.33. The average Bonchev–Trinajstić information content (AvgIpc) is 2.17. The SMILES string of the molecule is CCOCC(COCC)COCC. The van der Waals surface area contributed by atoms with Crippen molar-refractivity contribution >= 4 is 0 Å². The van der Waals surface area contributed by atoms with E-state index in [1.165, 1.54) is 0 Å². The molecule has 0 aliphatic heterocycles. The van der Waals surface area contributed by atoms with Crippen molar-refractivity contribution in [1.29, 1.82) is 0 Å². The van der Waals surface area contributed by atoms with E-state index >= 15 is 0 Å². The van der Waals surface area contributed by atoms with Crippen molar-refractivity contribution in [2.75, 3.05) is 39.6 Å². The van der Waals surface area contributed by atoms with E-state index in [1.807, 2.05) is 20.8 Å². The molecule has 0 radical (unpaired) electrons. The largest absolute Gasteiger partial charge is 0.381 e. The summed E-state index contributed by atoms with van der Waals surface area (Å²) in [6, 6.07) is 0. The second-order valence-corrected chi connectivity index (χ2v) is 2.84. The van der Waals surface area contributed by atoms with Crippen molar-refractivity contribution in [3.63, 3.8) is 0 Å². The van der Waals surface area contributed by atoms with Gasteiger partial charge in [0, 0.05) is 25.7 Å². The molecule has 0 N–H and O–H groups in total. The zero-order valence-corrected chi connectivity index (χ0v) is 9.04. The second-order valence-electron chi connectivity index (χ2n) is 2.84. The van der Waals surface area contributed by atoms with Gasteiger partial charge in [-0.1, -0.05) is 0 Å². The number of hydrogen-bond donors (Lipinski definition) is 0. The Labute approximate surface area is 81.4 Å². The van der Waals surface area contributed by atoms with Gasteiger partial charge in [0.1, 0.15) is 0 Å². The zero-order valence-electron chi connectivity index (χ0n) is 9.04. The van der Waals surface area contributed by atoms with Gasteiger partial charge in [-0.3, -0.25) is 0 Å². The van der Waals surface area contributed by atoms with Crippen LogP contribution in [0.25, 0.3) is 0 Å². The van der Waals surface area contributed by atoms with Gasteiger partial charge in [0.05, 0.1) is 19.8 Å². The molecular weight excluding hydrogens is 168 g/mol. The summed E-state index contributed by atoms with van der Waals surface area (Å²) in [6.07, 6.45) is 0. The molecular formula is C10H22O3. The van der Waals surface area contributed by atoms with Gasteiger partial charge >= 0.3 is 0 Å². The lowest BCUT2D eigenvalue weighted by atomic mass is 10.2. The number of rotatable bonds is 9. The highest BCUT2D eigenvalue weighted by Crippen LogP contribution is 2.00. The van der Waals surface area contributed by atoms with Crippen molar-refractivity contribution in [3.8, 4) is 0 Å². The number of hydrogen-bond acceptors (Lipinski definition) is 3. The predicted molar refractivity (Wildman–Crippen MR) is 53.0 cm³/mol. The molecule has 80 valence electrons. The maximum absolute atomic E-state index is 5.33. The molecule has 0 amide bonds. The fraction of sp³-hybridized carbons (Fsp3) is 1.00. The molecule has 0 fully saturated rings. The van der Waals surface area contributed by atoms with Crippen LogP contribution >= 0.6 is 0 Å². The van der Waals surface area contributed by atoms with E-state index in [-0.39, 0.29) is 0 Å². The van der Waals surface area contributed by atoms with E-state index in [2.05, 4.69) is 0 Å². The van der Waals surface area contributed by atoms with Crippen molar-refractivity contribution in [2.24, 2.45) is 5.92 Å². The van der Waals surface area contributed by atoms with Crippen LogP contribution in [0, 0.1) is 5.92 Å². The Hall–Kier alpha value is -0.120. The lowest BCUT2D eigenvalue weighted by Gasteiger charge is -2.15. The fourth-order valence-corrected chi connectivity index (χ4v) is 0.998. The van der Waals surface area contributed by atoms with Crippen molar-refractivity contribution in [3.05, 3.63) is 0 Å². The maximum Gasteiger partial charge on any atom is 0.0538 e. The van der Waals surface area contributed by atoms with Crippen LogP contribution in [0.3, 0.4) is 0 Å². The van der Waals surface area contributed by atoms with Gasteiger partial charge in [-0.15, -0.1) is 0 Å². The van der Waals surface area contributed by atoms with Crippen LogP contribution in [0.4, 0.5) is 0 Å².